The van der Waals surface area contributed by atoms with Gasteiger partial charge in [-0.05, 0) is 48.7 Å². The molecule has 1 unspecified atom stereocenters. The van der Waals surface area contributed by atoms with Crippen LogP contribution in [0.3, 0.4) is 0 Å². The third kappa shape index (κ3) is 4.79. The number of hydrogen-bond acceptors (Lipinski definition) is 3. The van der Waals surface area contributed by atoms with E-state index in [0.29, 0.717) is 6.54 Å². The first-order valence-corrected chi connectivity index (χ1v) is 8.72. The monoisotopic (exact) mass is 343 g/mol. The largest absolute Gasteiger partial charge is 0.352 e. The van der Waals surface area contributed by atoms with Crippen molar-refractivity contribution in [3.05, 3.63) is 64.9 Å². The van der Waals surface area contributed by atoms with Crippen molar-refractivity contribution >= 4 is 17.5 Å². The van der Waals surface area contributed by atoms with E-state index in [1.54, 1.807) is 12.4 Å². The summed E-state index contributed by atoms with van der Waals surface area (Å²) < 4.78 is 0. The number of likely N-dealkylation sites (tertiary alicyclic amines) is 1. The van der Waals surface area contributed by atoms with Gasteiger partial charge >= 0.3 is 0 Å². The van der Waals surface area contributed by atoms with Gasteiger partial charge < -0.3 is 5.32 Å². The molecule has 2 heterocycles. The Balaban J connectivity index is 1.51. The summed E-state index contributed by atoms with van der Waals surface area (Å²) in [4.78, 5) is 18.9. The number of rotatable bonds is 5. The van der Waals surface area contributed by atoms with Crippen LogP contribution in [0.5, 0.6) is 0 Å². The van der Waals surface area contributed by atoms with Gasteiger partial charge in [0, 0.05) is 37.1 Å². The lowest BCUT2D eigenvalue weighted by molar-refractivity contribution is -0.126. The van der Waals surface area contributed by atoms with Crippen molar-refractivity contribution in [2.75, 3.05) is 13.1 Å². The molecule has 0 spiro atoms. The second kappa shape index (κ2) is 8.27. The molecule has 24 heavy (non-hydrogen) atoms. The number of amides is 1. The molecule has 1 amide bonds. The van der Waals surface area contributed by atoms with Crippen LogP contribution in [0, 0.1) is 5.92 Å². The van der Waals surface area contributed by atoms with E-state index in [2.05, 4.69) is 27.3 Å². The minimum atomic E-state index is 0.0581. The van der Waals surface area contributed by atoms with E-state index >= 15 is 0 Å². The van der Waals surface area contributed by atoms with Crippen molar-refractivity contribution in [3.63, 3.8) is 0 Å². The van der Waals surface area contributed by atoms with Crippen molar-refractivity contribution in [3.8, 4) is 0 Å². The van der Waals surface area contributed by atoms with E-state index in [-0.39, 0.29) is 11.8 Å². The number of benzene rings is 1. The van der Waals surface area contributed by atoms with Crippen LogP contribution in [0.1, 0.15) is 24.0 Å². The van der Waals surface area contributed by atoms with Gasteiger partial charge in [-0.2, -0.15) is 0 Å². The van der Waals surface area contributed by atoms with Gasteiger partial charge in [-0.15, -0.1) is 0 Å². The summed E-state index contributed by atoms with van der Waals surface area (Å²) in [5.74, 6) is 0.197. The molecule has 1 fully saturated rings. The first kappa shape index (κ1) is 16.9. The SMILES string of the molecule is O=C(NCc1cccnc1)C1CCCN(Cc2ccc(Cl)cc2)C1. The van der Waals surface area contributed by atoms with Gasteiger partial charge in [0.25, 0.3) is 0 Å². The molecule has 5 heteroatoms. The number of aromatic nitrogens is 1. The molecule has 1 aliphatic rings. The Morgan fingerprint density at radius 3 is 2.83 bits per heavy atom. The molecule has 0 saturated carbocycles. The van der Waals surface area contributed by atoms with E-state index in [0.717, 1.165) is 43.1 Å². The third-order valence-corrected chi connectivity index (χ3v) is 4.64. The molecule has 0 radical (unpaired) electrons. The lowest BCUT2D eigenvalue weighted by Gasteiger charge is -2.32. The van der Waals surface area contributed by atoms with Crippen molar-refractivity contribution in [1.82, 2.24) is 15.2 Å². The average Bonchev–Trinajstić information content (AvgIpc) is 2.63. The quantitative estimate of drug-likeness (QED) is 0.906. The smallest absolute Gasteiger partial charge is 0.224 e. The van der Waals surface area contributed by atoms with Crippen LogP contribution in [-0.4, -0.2) is 28.9 Å². The highest BCUT2D eigenvalue weighted by atomic mass is 35.5. The van der Waals surface area contributed by atoms with Crippen LogP contribution >= 0.6 is 11.6 Å². The summed E-state index contributed by atoms with van der Waals surface area (Å²) >= 11 is 5.93. The maximum Gasteiger partial charge on any atom is 0.224 e. The summed E-state index contributed by atoms with van der Waals surface area (Å²) in [7, 11) is 0. The van der Waals surface area contributed by atoms with Gasteiger partial charge in [-0.1, -0.05) is 29.8 Å². The number of carbonyl (C=O) groups is 1. The molecular weight excluding hydrogens is 322 g/mol. The Hall–Kier alpha value is -1.91. The predicted octanol–water partition coefficient (Wildman–Crippen LogP) is 3.26. The zero-order chi connectivity index (χ0) is 16.8. The zero-order valence-corrected chi connectivity index (χ0v) is 14.4. The highest BCUT2D eigenvalue weighted by molar-refractivity contribution is 6.30. The standard InChI is InChI=1S/C19H22ClN3O/c20-18-7-5-15(6-8-18)13-23-10-2-4-17(14-23)19(24)22-12-16-3-1-9-21-11-16/h1,3,5-9,11,17H,2,4,10,12-14H2,(H,22,24). The lowest BCUT2D eigenvalue weighted by atomic mass is 9.96. The predicted molar refractivity (Wildman–Crippen MR) is 95.5 cm³/mol. The Morgan fingerprint density at radius 1 is 1.25 bits per heavy atom. The molecule has 2 aromatic rings. The summed E-state index contributed by atoms with van der Waals surface area (Å²) in [5, 5.41) is 3.79. The normalized spacial score (nSPS) is 18.3. The number of hydrogen-bond donors (Lipinski definition) is 1. The number of piperidine rings is 1. The molecule has 1 aromatic carbocycles. The zero-order valence-electron chi connectivity index (χ0n) is 13.6. The van der Waals surface area contributed by atoms with Gasteiger partial charge in [0.05, 0.1) is 5.92 Å². The van der Waals surface area contributed by atoms with E-state index in [1.165, 1.54) is 5.56 Å². The Kier molecular flexibility index (Phi) is 5.83. The van der Waals surface area contributed by atoms with Gasteiger partial charge in [0.1, 0.15) is 0 Å². The number of nitrogens with one attached hydrogen (secondary N) is 1. The average molecular weight is 344 g/mol. The van der Waals surface area contributed by atoms with Crippen molar-refractivity contribution in [1.29, 1.82) is 0 Å². The van der Waals surface area contributed by atoms with Gasteiger partial charge in [-0.3, -0.25) is 14.7 Å². The summed E-state index contributed by atoms with van der Waals surface area (Å²) in [6.45, 7) is 3.25. The van der Waals surface area contributed by atoms with Gasteiger partial charge in [0.2, 0.25) is 5.91 Å². The lowest BCUT2D eigenvalue weighted by Crippen LogP contribution is -2.42. The Labute approximate surface area is 147 Å². The topological polar surface area (TPSA) is 45.2 Å². The van der Waals surface area contributed by atoms with Gasteiger partial charge in [-0.25, -0.2) is 0 Å². The van der Waals surface area contributed by atoms with Crippen LogP contribution in [0.2, 0.25) is 5.02 Å². The van der Waals surface area contributed by atoms with Gasteiger partial charge in [0.15, 0.2) is 0 Å². The molecule has 4 nitrogen and oxygen atoms in total. The molecule has 126 valence electrons. The molecule has 3 rings (SSSR count). The number of pyridine rings is 1. The van der Waals surface area contributed by atoms with Crippen molar-refractivity contribution in [2.45, 2.75) is 25.9 Å². The number of nitrogens with zero attached hydrogens (tertiary/aromatic N) is 2. The van der Waals surface area contributed by atoms with Crippen LogP contribution in [0.4, 0.5) is 0 Å². The van der Waals surface area contributed by atoms with E-state index in [1.807, 2.05) is 24.3 Å². The first-order valence-electron chi connectivity index (χ1n) is 8.34. The molecule has 0 aliphatic carbocycles. The van der Waals surface area contributed by atoms with Crippen LogP contribution in [0.15, 0.2) is 48.8 Å². The van der Waals surface area contributed by atoms with E-state index < -0.39 is 0 Å². The van der Waals surface area contributed by atoms with Crippen molar-refractivity contribution < 1.29 is 4.79 Å². The first-order chi connectivity index (χ1) is 11.7. The Morgan fingerprint density at radius 2 is 2.08 bits per heavy atom. The molecule has 1 N–H and O–H groups in total. The highest BCUT2D eigenvalue weighted by Gasteiger charge is 2.25. The van der Waals surface area contributed by atoms with Crippen LogP contribution in [0.25, 0.3) is 0 Å². The minimum Gasteiger partial charge on any atom is -0.352 e. The maximum atomic E-state index is 12.4. The maximum absolute atomic E-state index is 12.4. The number of carbonyl (C=O) groups excluding carboxylic acids is 1. The summed E-state index contributed by atoms with van der Waals surface area (Å²) in [6.07, 6.45) is 5.53. The molecular formula is C19H22ClN3O. The third-order valence-electron chi connectivity index (χ3n) is 4.39. The molecule has 1 aromatic heterocycles. The van der Waals surface area contributed by atoms with E-state index in [4.69, 9.17) is 11.6 Å². The number of halogens is 1. The minimum absolute atomic E-state index is 0.0581. The van der Waals surface area contributed by atoms with E-state index in [9.17, 15) is 4.79 Å². The fraction of sp³-hybridized carbons (Fsp3) is 0.368. The van der Waals surface area contributed by atoms with Crippen LogP contribution < -0.4 is 5.32 Å². The summed E-state index contributed by atoms with van der Waals surface area (Å²) in [5.41, 5.74) is 2.26. The molecule has 1 aliphatic heterocycles. The second-order valence-corrected chi connectivity index (χ2v) is 6.72. The summed E-state index contributed by atoms with van der Waals surface area (Å²) in [6, 6.07) is 11.8. The van der Waals surface area contributed by atoms with Crippen molar-refractivity contribution in [2.24, 2.45) is 5.92 Å². The Bertz CT molecular complexity index is 660. The van der Waals surface area contributed by atoms with Crippen LogP contribution in [-0.2, 0) is 17.9 Å². The highest BCUT2D eigenvalue weighted by Crippen LogP contribution is 2.19. The fourth-order valence-corrected chi connectivity index (χ4v) is 3.22. The molecule has 1 saturated heterocycles. The fourth-order valence-electron chi connectivity index (χ4n) is 3.10. The molecule has 0 bridgehead atoms. The second-order valence-electron chi connectivity index (χ2n) is 6.28. The molecule has 1 atom stereocenters.